The predicted molar refractivity (Wildman–Crippen MR) is 92.3 cm³/mol. The molecule has 0 atom stereocenters. The molecular weight excluding hydrogens is 324 g/mol. The quantitative estimate of drug-likeness (QED) is 0.517. The van der Waals surface area contributed by atoms with Crippen molar-refractivity contribution in [3.63, 3.8) is 0 Å². The molecule has 0 saturated heterocycles. The summed E-state index contributed by atoms with van der Waals surface area (Å²) in [7, 11) is 0. The third-order valence-corrected chi connectivity index (χ3v) is 3.62. The molecule has 0 aromatic heterocycles. The molecule has 2 nitrogen and oxygen atoms in total. The summed E-state index contributed by atoms with van der Waals surface area (Å²) in [6.45, 7) is 2.88. The zero-order valence-electron chi connectivity index (χ0n) is 13.0. The van der Waals surface area contributed by atoms with Crippen LogP contribution in [0.1, 0.15) is 11.1 Å². The maximum absolute atomic E-state index is 4.60. The van der Waals surface area contributed by atoms with Gasteiger partial charge in [-0.1, -0.05) is 35.9 Å². The molecule has 0 bridgehead atoms. The molecule has 0 N–H and O–H groups in total. The van der Waals surface area contributed by atoms with Gasteiger partial charge in [0.25, 0.3) is 0 Å². The Kier molecular flexibility index (Phi) is 6.86. The summed E-state index contributed by atoms with van der Waals surface area (Å²) in [6.07, 6.45) is 0. The van der Waals surface area contributed by atoms with Gasteiger partial charge in [-0.25, -0.2) is 12.1 Å². The second kappa shape index (κ2) is 9.14. The van der Waals surface area contributed by atoms with Gasteiger partial charge in [0.1, 0.15) is 0 Å². The summed E-state index contributed by atoms with van der Waals surface area (Å²) in [5.41, 5.74) is 2.58. The van der Waals surface area contributed by atoms with Crippen LogP contribution < -0.4 is 0 Å². The number of hydrogen-bond donors (Lipinski definition) is 0. The fraction of sp³-hybridized carbons (Fsp3) is 0.150. The number of aliphatic imine (C=N–C) groups is 1. The first-order chi connectivity index (χ1) is 10.9. The fourth-order valence-corrected chi connectivity index (χ4v) is 2.56. The van der Waals surface area contributed by atoms with E-state index in [1.807, 2.05) is 30.3 Å². The predicted octanol–water partition coefficient (Wildman–Crippen LogP) is 4.07. The molecule has 1 heterocycles. The number of benzene rings is 1. The first-order valence-electron chi connectivity index (χ1n) is 7.65. The molecular formula is C20H20FeN2-6. The van der Waals surface area contributed by atoms with Crippen LogP contribution in [0, 0.1) is 0 Å². The van der Waals surface area contributed by atoms with Crippen molar-refractivity contribution in [3.05, 3.63) is 96.1 Å². The van der Waals surface area contributed by atoms with Gasteiger partial charge in [-0.2, -0.15) is 12.1 Å². The molecule has 3 aromatic rings. The van der Waals surface area contributed by atoms with Gasteiger partial charge >= 0.3 is 0 Å². The average Bonchev–Trinajstić information content (AvgIpc) is 3.32. The molecule has 23 heavy (non-hydrogen) atoms. The zero-order chi connectivity index (χ0) is 15.0. The number of rotatable bonds is 3. The number of hydrogen-bond acceptors (Lipinski definition) is 2. The van der Waals surface area contributed by atoms with E-state index in [9.17, 15) is 0 Å². The van der Waals surface area contributed by atoms with E-state index in [0.717, 1.165) is 25.5 Å². The standard InChI is InChI=1S/C15H15N2.C5H5.Fe/c1-2-6-13(7-3-1)12-17-11-10-16-15(17)14-8-4-5-9-14;1-2-4-5-3-1;/h1-9H,10-12H2;1-5H;/q-1;-5;. The van der Waals surface area contributed by atoms with Gasteiger partial charge in [0.05, 0.1) is 12.4 Å². The second-order valence-corrected chi connectivity index (χ2v) is 5.25. The smallest absolute Gasteiger partial charge is 0.0732 e. The van der Waals surface area contributed by atoms with Gasteiger partial charge in [0.2, 0.25) is 0 Å². The van der Waals surface area contributed by atoms with Gasteiger partial charge in [-0.15, -0.1) is 0 Å². The van der Waals surface area contributed by atoms with Crippen molar-refractivity contribution in [2.24, 2.45) is 4.99 Å². The summed E-state index contributed by atoms with van der Waals surface area (Å²) in [5.74, 6) is 1.14. The van der Waals surface area contributed by atoms with Crippen molar-refractivity contribution < 1.29 is 17.1 Å². The first-order valence-corrected chi connectivity index (χ1v) is 7.65. The van der Waals surface area contributed by atoms with E-state index in [1.165, 1.54) is 11.1 Å². The third kappa shape index (κ3) is 4.95. The average molecular weight is 344 g/mol. The molecule has 1 aliphatic rings. The second-order valence-electron chi connectivity index (χ2n) is 5.25. The largest absolute Gasteiger partial charge is 0.748 e. The minimum Gasteiger partial charge on any atom is -0.748 e. The van der Waals surface area contributed by atoms with Crippen LogP contribution in [0.5, 0.6) is 0 Å². The Morgan fingerprint density at radius 3 is 2.13 bits per heavy atom. The SMILES string of the molecule is [Fe].[cH-]1[cH-][cH-][cH-][cH-]1.c1ccc(CN2CCN=C2[c-]2cccc2)cc1. The number of nitrogens with zero attached hydrogens (tertiary/aromatic N) is 2. The molecule has 0 radical (unpaired) electrons. The van der Waals surface area contributed by atoms with E-state index in [4.69, 9.17) is 0 Å². The van der Waals surface area contributed by atoms with E-state index in [0.29, 0.717) is 0 Å². The zero-order valence-corrected chi connectivity index (χ0v) is 14.1. The normalized spacial score (nSPS) is 12.9. The van der Waals surface area contributed by atoms with Crippen LogP contribution in [-0.2, 0) is 23.6 Å². The number of amidine groups is 1. The van der Waals surface area contributed by atoms with Crippen LogP contribution in [0.2, 0.25) is 0 Å². The molecule has 124 valence electrons. The molecule has 0 fully saturated rings. The van der Waals surface area contributed by atoms with Gasteiger partial charge in [-0.05, 0) is 5.56 Å². The van der Waals surface area contributed by atoms with Crippen LogP contribution in [0.15, 0.2) is 89.9 Å². The van der Waals surface area contributed by atoms with Crippen molar-refractivity contribution in [2.45, 2.75) is 6.54 Å². The molecule has 4 rings (SSSR count). The summed E-state index contributed by atoms with van der Waals surface area (Å²) in [6, 6.07) is 29.0. The van der Waals surface area contributed by atoms with Crippen LogP contribution >= 0.6 is 0 Å². The Bertz CT molecular complexity index is 653. The summed E-state index contributed by atoms with van der Waals surface area (Å²) < 4.78 is 0. The van der Waals surface area contributed by atoms with Crippen molar-refractivity contribution >= 4 is 5.84 Å². The fourth-order valence-electron chi connectivity index (χ4n) is 2.56. The Hall–Kier alpha value is -2.09. The van der Waals surface area contributed by atoms with Crippen molar-refractivity contribution in [1.29, 1.82) is 0 Å². The maximum atomic E-state index is 4.60. The summed E-state index contributed by atoms with van der Waals surface area (Å²) in [5, 5.41) is 0. The van der Waals surface area contributed by atoms with E-state index in [2.05, 4.69) is 64.5 Å². The molecule has 0 amide bonds. The van der Waals surface area contributed by atoms with Crippen molar-refractivity contribution in [2.75, 3.05) is 13.1 Å². The summed E-state index contributed by atoms with van der Waals surface area (Å²) >= 11 is 0. The van der Waals surface area contributed by atoms with Gasteiger partial charge in [-0.3, -0.25) is 4.99 Å². The first kappa shape index (κ1) is 17.3. The van der Waals surface area contributed by atoms with Crippen LogP contribution in [0.3, 0.4) is 0 Å². The van der Waals surface area contributed by atoms with Gasteiger partial charge in [0.15, 0.2) is 0 Å². The maximum Gasteiger partial charge on any atom is 0.0732 e. The topological polar surface area (TPSA) is 15.6 Å². The molecule has 0 unspecified atom stereocenters. The van der Waals surface area contributed by atoms with Gasteiger partial charge in [0, 0.05) is 30.2 Å². The van der Waals surface area contributed by atoms with Crippen molar-refractivity contribution in [1.82, 2.24) is 4.90 Å². The molecule has 3 heteroatoms. The molecule has 0 saturated carbocycles. The Labute approximate surface area is 148 Å². The Morgan fingerprint density at radius 1 is 0.913 bits per heavy atom. The Morgan fingerprint density at radius 2 is 1.52 bits per heavy atom. The van der Waals surface area contributed by atoms with E-state index in [1.54, 1.807) is 0 Å². The van der Waals surface area contributed by atoms with E-state index < -0.39 is 0 Å². The van der Waals surface area contributed by atoms with Crippen LogP contribution in [-0.4, -0.2) is 23.8 Å². The summed E-state index contributed by atoms with van der Waals surface area (Å²) in [4.78, 5) is 6.95. The Balaban J connectivity index is 0.000000276. The van der Waals surface area contributed by atoms with Crippen molar-refractivity contribution in [3.8, 4) is 0 Å². The molecule has 3 aromatic carbocycles. The van der Waals surface area contributed by atoms with Gasteiger partial charge < -0.3 is 35.2 Å². The molecule has 0 spiro atoms. The third-order valence-electron chi connectivity index (χ3n) is 3.62. The van der Waals surface area contributed by atoms with E-state index >= 15 is 0 Å². The van der Waals surface area contributed by atoms with E-state index in [-0.39, 0.29) is 17.1 Å². The molecule has 0 aliphatic carbocycles. The van der Waals surface area contributed by atoms with Crippen LogP contribution in [0.4, 0.5) is 0 Å². The monoisotopic (exact) mass is 344 g/mol. The van der Waals surface area contributed by atoms with Crippen LogP contribution in [0.25, 0.3) is 0 Å². The molecule has 1 aliphatic heterocycles. The minimum atomic E-state index is 0. The minimum absolute atomic E-state index is 0.